The van der Waals surface area contributed by atoms with Crippen molar-refractivity contribution < 1.29 is 14.4 Å². The molecule has 1 heterocycles. The summed E-state index contributed by atoms with van der Waals surface area (Å²) in [6.45, 7) is 6.07. The molecule has 0 spiro atoms. The zero-order valence-electron chi connectivity index (χ0n) is 13.8. The molecule has 22 heavy (non-hydrogen) atoms. The highest BCUT2D eigenvalue weighted by Crippen LogP contribution is 2.21. The summed E-state index contributed by atoms with van der Waals surface area (Å²) in [5.74, 6) is 4.81. The van der Waals surface area contributed by atoms with E-state index >= 15 is 0 Å². The van der Waals surface area contributed by atoms with E-state index in [9.17, 15) is 9.59 Å². The fourth-order valence-electron chi connectivity index (χ4n) is 2.80. The Morgan fingerprint density at radius 2 is 1.77 bits per heavy atom. The summed E-state index contributed by atoms with van der Waals surface area (Å²) in [5, 5.41) is 5.57. The summed E-state index contributed by atoms with van der Waals surface area (Å²) >= 11 is 0. The molecule has 4 N–H and O–H groups in total. The highest BCUT2D eigenvalue weighted by molar-refractivity contribution is 5.80. The van der Waals surface area contributed by atoms with Crippen molar-refractivity contribution in [2.45, 2.75) is 58.0 Å². The predicted molar refractivity (Wildman–Crippen MR) is 84.9 cm³/mol. The van der Waals surface area contributed by atoms with Gasteiger partial charge in [-0.3, -0.25) is 14.5 Å². The van der Waals surface area contributed by atoms with Crippen molar-refractivity contribution in [2.24, 2.45) is 5.90 Å². The van der Waals surface area contributed by atoms with E-state index in [0.717, 1.165) is 12.8 Å². The molecule has 0 bridgehead atoms. The van der Waals surface area contributed by atoms with E-state index in [1.54, 1.807) is 0 Å². The second-order valence-corrected chi connectivity index (χ2v) is 5.98. The third kappa shape index (κ3) is 7.20. The van der Waals surface area contributed by atoms with Gasteiger partial charge in [0, 0.05) is 31.6 Å². The number of hydrogen-bond donors (Lipinski definition) is 3. The fraction of sp³-hybridized carbons (Fsp3) is 0.867. The maximum atomic E-state index is 12.0. The summed E-state index contributed by atoms with van der Waals surface area (Å²) in [5.41, 5.74) is 0. The van der Waals surface area contributed by atoms with Crippen LogP contribution in [0, 0.1) is 0 Å². The largest absolute Gasteiger partial charge is 0.356 e. The highest BCUT2D eigenvalue weighted by Gasteiger charge is 2.26. The van der Waals surface area contributed by atoms with Crippen molar-refractivity contribution in [1.29, 1.82) is 0 Å². The van der Waals surface area contributed by atoms with Crippen LogP contribution in [-0.4, -0.2) is 55.0 Å². The fourth-order valence-corrected chi connectivity index (χ4v) is 2.80. The minimum atomic E-state index is -0.0722. The molecule has 1 fully saturated rings. The van der Waals surface area contributed by atoms with Gasteiger partial charge in [-0.1, -0.05) is 6.42 Å². The lowest BCUT2D eigenvalue weighted by Crippen LogP contribution is -2.49. The average Bonchev–Trinajstić information content (AvgIpc) is 2.48. The number of rotatable bonds is 9. The molecule has 7 heteroatoms. The second kappa shape index (κ2) is 10.5. The molecule has 1 saturated heterocycles. The van der Waals surface area contributed by atoms with Crippen molar-refractivity contribution in [3.8, 4) is 0 Å². The van der Waals surface area contributed by atoms with Crippen LogP contribution in [0.15, 0.2) is 0 Å². The van der Waals surface area contributed by atoms with Gasteiger partial charge in [-0.2, -0.15) is 0 Å². The van der Waals surface area contributed by atoms with Gasteiger partial charge in [-0.15, -0.1) is 0 Å². The zero-order chi connectivity index (χ0) is 16.4. The summed E-state index contributed by atoms with van der Waals surface area (Å²) in [6, 6.07) is 0.894. The lowest BCUT2D eigenvalue weighted by Gasteiger charge is -2.38. The molecular formula is C15H30N4O3. The van der Waals surface area contributed by atoms with Gasteiger partial charge < -0.3 is 15.5 Å². The van der Waals surface area contributed by atoms with Gasteiger partial charge in [0.2, 0.25) is 11.8 Å². The number of likely N-dealkylation sites (tertiary alicyclic amines) is 1. The lowest BCUT2D eigenvalue weighted by molar-refractivity contribution is -0.124. The van der Waals surface area contributed by atoms with Gasteiger partial charge in [0.25, 0.3) is 0 Å². The Bertz CT molecular complexity index is 342. The number of nitrogens with zero attached hydrogens (tertiary/aromatic N) is 1. The van der Waals surface area contributed by atoms with E-state index in [2.05, 4.69) is 34.2 Å². The maximum absolute atomic E-state index is 12.0. The van der Waals surface area contributed by atoms with Crippen LogP contribution in [0.5, 0.6) is 0 Å². The third-order valence-corrected chi connectivity index (χ3v) is 4.14. The molecule has 128 valence electrons. The van der Waals surface area contributed by atoms with Crippen LogP contribution in [0.3, 0.4) is 0 Å². The first-order valence-corrected chi connectivity index (χ1v) is 8.15. The normalized spacial score (nSPS) is 22.3. The molecule has 0 unspecified atom stereocenters. The molecule has 0 radical (unpaired) electrons. The second-order valence-electron chi connectivity index (χ2n) is 5.98. The standard InChI is InChI=1S/C15H30N4O3/c1-12-5-3-6-13(2)19(12)11-15(21)18-9-7-14(20)17-8-4-10-22-16/h12-13H,3-11,16H2,1-2H3,(H,17,20)(H,18,21)/t12-,13+/i1+1,9+1,15+1,19+1/m0/s1. The van der Waals surface area contributed by atoms with E-state index in [1.807, 2.05) is 0 Å². The molecule has 0 aromatic heterocycles. The summed E-state index contributed by atoms with van der Waals surface area (Å²) < 4.78 is 0. The van der Waals surface area contributed by atoms with Crippen molar-refractivity contribution >= 4 is 11.8 Å². The van der Waals surface area contributed by atoms with E-state index in [4.69, 9.17) is 5.90 Å². The minimum absolute atomic E-state index is 0.00932. The molecule has 0 aromatic rings. The number of hydrogen-bond acceptors (Lipinski definition) is 5. The van der Waals surface area contributed by atoms with Crippen molar-refractivity contribution in [2.75, 3.05) is 26.2 Å². The number of carbonyl (C=O) groups is 2. The monoisotopic (exact) mass is 318 g/mol. The van der Waals surface area contributed by atoms with E-state index < -0.39 is 0 Å². The molecule has 1 aliphatic rings. The van der Waals surface area contributed by atoms with E-state index in [0.29, 0.717) is 51.2 Å². The van der Waals surface area contributed by atoms with Crippen LogP contribution in [0.4, 0.5) is 0 Å². The van der Waals surface area contributed by atoms with E-state index in [1.165, 1.54) is 6.42 Å². The number of nitrogens with two attached hydrogens (primary N) is 1. The zero-order valence-corrected chi connectivity index (χ0v) is 13.8. The van der Waals surface area contributed by atoms with Crippen LogP contribution >= 0.6 is 0 Å². The Hall–Kier alpha value is -1.18. The Kier molecular flexibility index (Phi) is 9.03. The SMILES string of the molecule is C[C@@H]1CCC[C@H]([13CH3])[15N]1C[13C](=O)N[13CH2]CC(=O)NCCCON. The number of nitrogens with one attached hydrogen (secondary N) is 2. The minimum Gasteiger partial charge on any atom is -0.356 e. The molecule has 0 aliphatic carbocycles. The first-order valence-electron chi connectivity index (χ1n) is 8.15. The van der Waals surface area contributed by atoms with Crippen LogP contribution in [-0.2, 0) is 14.4 Å². The predicted octanol–water partition coefficient (Wildman–Crippen LogP) is 0.152. The first-order chi connectivity index (χ1) is 10.5. The van der Waals surface area contributed by atoms with Gasteiger partial charge in [-0.25, -0.2) is 5.90 Å². The Morgan fingerprint density at radius 3 is 2.41 bits per heavy atom. The topological polar surface area (TPSA) is 96.7 Å². The van der Waals surface area contributed by atoms with Gasteiger partial charge in [0.05, 0.1) is 13.2 Å². The Balaban J connectivity index is 2.13. The molecule has 2 amide bonds. The number of piperidine rings is 1. The summed E-state index contributed by atoms with van der Waals surface area (Å²) in [6.07, 6.45) is 4.49. The van der Waals surface area contributed by atoms with Crippen molar-refractivity contribution in [3.63, 3.8) is 0 Å². The van der Waals surface area contributed by atoms with Crippen LogP contribution < -0.4 is 16.5 Å². The molecule has 0 aromatic carbocycles. The van der Waals surface area contributed by atoms with Crippen LogP contribution in [0.25, 0.3) is 0 Å². The third-order valence-electron chi connectivity index (χ3n) is 4.14. The molecular weight excluding hydrogens is 288 g/mol. The van der Waals surface area contributed by atoms with Gasteiger partial charge in [-0.05, 0) is 33.1 Å². The molecule has 0 saturated carbocycles. The Morgan fingerprint density at radius 1 is 1.14 bits per heavy atom. The van der Waals surface area contributed by atoms with Crippen molar-refractivity contribution in [3.05, 3.63) is 0 Å². The summed E-state index contributed by atoms with van der Waals surface area (Å²) in [7, 11) is 0. The maximum Gasteiger partial charge on any atom is 0.234 e. The Labute approximate surface area is 132 Å². The molecule has 7 nitrogen and oxygen atoms in total. The molecule has 2 atom stereocenters. The van der Waals surface area contributed by atoms with Crippen molar-refractivity contribution in [1.82, 2.24) is 15.5 Å². The van der Waals surface area contributed by atoms with Gasteiger partial charge in [0.15, 0.2) is 0 Å². The lowest BCUT2D eigenvalue weighted by atomic mass is 10.1. The number of amides is 2. The van der Waals surface area contributed by atoms with Crippen LogP contribution in [0.1, 0.15) is 46.0 Å². The average molecular weight is 318 g/mol. The van der Waals surface area contributed by atoms with Gasteiger partial charge >= 0.3 is 0 Å². The molecule has 1 rings (SSSR count). The quantitative estimate of drug-likeness (QED) is 0.243. The molecule has 1 aliphatic heterocycles. The van der Waals surface area contributed by atoms with Gasteiger partial charge in [0.1, 0.15) is 0 Å². The first kappa shape index (κ1) is 18.9. The van der Waals surface area contributed by atoms with E-state index in [-0.39, 0.29) is 11.8 Å². The number of carbonyl (C=O) groups excluding carboxylic acids is 2. The highest BCUT2D eigenvalue weighted by atomic mass is 16.6. The van der Waals surface area contributed by atoms with Crippen LogP contribution in [0.2, 0.25) is 0 Å². The summed E-state index contributed by atoms with van der Waals surface area (Å²) in [4.78, 5) is 30.2. The smallest absolute Gasteiger partial charge is 0.234 e.